The first-order valence-electron chi connectivity index (χ1n) is 3.84. The molecule has 0 saturated heterocycles. The second kappa shape index (κ2) is 7.05. The van der Waals surface area contributed by atoms with E-state index in [1.54, 1.807) is 0 Å². The smallest absolute Gasteiger partial charge is 0.0664 e. The molecule has 0 aliphatic rings. The van der Waals surface area contributed by atoms with Gasteiger partial charge in [-0.3, -0.25) is 5.50 Å². The maximum atomic E-state index is 10.6. The second-order valence-corrected chi connectivity index (χ2v) is 4.12. The Balaban J connectivity index is 0. The van der Waals surface area contributed by atoms with Gasteiger partial charge in [0, 0.05) is 8.53 Å². The molecule has 0 aromatic carbocycles. The van der Waals surface area contributed by atoms with E-state index in [9.17, 15) is 4.89 Å². The molecule has 5 heteroatoms. The van der Waals surface area contributed by atoms with Gasteiger partial charge in [0.05, 0.1) is 6.10 Å². The third-order valence-electron chi connectivity index (χ3n) is 1.54. The first-order chi connectivity index (χ1) is 4.95. The quantitative estimate of drug-likeness (QED) is 0.563. The Morgan fingerprint density at radius 3 is 1.58 bits per heavy atom. The van der Waals surface area contributed by atoms with Gasteiger partial charge in [-0.15, -0.1) is 0 Å². The lowest BCUT2D eigenvalue weighted by molar-refractivity contribution is -0.187. The summed E-state index contributed by atoms with van der Waals surface area (Å²) in [6.45, 7) is 8.12. The summed E-state index contributed by atoms with van der Waals surface area (Å²) >= 11 is 0. The van der Waals surface area contributed by atoms with Crippen molar-refractivity contribution >= 4 is 8.53 Å². The Morgan fingerprint density at radius 2 is 1.50 bits per heavy atom. The summed E-state index contributed by atoms with van der Waals surface area (Å²) in [4.78, 5) is 10.6. The average Bonchev–Trinajstić information content (AvgIpc) is 1.81. The molecule has 0 aliphatic carbocycles. The fraction of sp³-hybridized carbons (Fsp3) is 1.00. The SMILES string of the molecule is CC(C)C(OP(N)[O-])C(C)C.[Cl-]. The van der Waals surface area contributed by atoms with Gasteiger partial charge in [0.25, 0.3) is 0 Å². The highest BCUT2D eigenvalue weighted by atomic mass is 35.5. The largest absolute Gasteiger partial charge is 1.00 e. The van der Waals surface area contributed by atoms with Crippen molar-refractivity contribution in [1.82, 2.24) is 0 Å². The third-order valence-corrected chi connectivity index (χ3v) is 1.99. The van der Waals surface area contributed by atoms with E-state index >= 15 is 0 Å². The molecule has 2 N–H and O–H groups in total. The highest BCUT2D eigenvalue weighted by Gasteiger charge is 2.17. The standard InChI is InChI=1S/C7H17NO2P.ClH/c1-5(2)7(6(3)4)10-11(8)9;/h5-7H,8H2,1-4H3;1H/q-1;/p-1. The lowest BCUT2D eigenvalue weighted by atomic mass is 9.97. The van der Waals surface area contributed by atoms with Crippen molar-refractivity contribution < 1.29 is 21.8 Å². The minimum atomic E-state index is -1.95. The molecule has 0 heterocycles. The van der Waals surface area contributed by atoms with Crippen molar-refractivity contribution in [1.29, 1.82) is 0 Å². The van der Waals surface area contributed by atoms with Crippen molar-refractivity contribution in [3.8, 4) is 0 Å². The second-order valence-electron chi connectivity index (χ2n) is 3.34. The Morgan fingerprint density at radius 1 is 1.17 bits per heavy atom. The predicted molar refractivity (Wildman–Crippen MR) is 45.7 cm³/mol. The van der Waals surface area contributed by atoms with Crippen molar-refractivity contribution in [2.45, 2.75) is 33.8 Å². The highest BCUT2D eigenvalue weighted by molar-refractivity contribution is 7.41. The van der Waals surface area contributed by atoms with Gasteiger partial charge < -0.3 is 21.8 Å². The molecule has 0 aromatic rings. The molecule has 1 unspecified atom stereocenters. The molecule has 0 aliphatic heterocycles. The molecule has 1 atom stereocenters. The average molecular weight is 214 g/mol. The van der Waals surface area contributed by atoms with E-state index in [4.69, 9.17) is 10.0 Å². The highest BCUT2D eigenvalue weighted by Crippen LogP contribution is 2.26. The minimum Gasteiger partial charge on any atom is -1.00 e. The van der Waals surface area contributed by atoms with Gasteiger partial charge in [-0.2, -0.15) is 0 Å². The molecule has 0 spiro atoms. The summed E-state index contributed by atoms with van der Waals surface area (Å²) in [5, 5.41) is 0. The Bertz CT molecular complexity index is 104. The third kappa shape index (κ3) is 6.15. The van der Waals surface area contributed by atoms with Crippen LogP contribution in [0.15, 0.2) is 0 Å². The van der Waals surface area contributed by atoms with Gasteiger partial charge >= 0.3 is 0 Å². The zero-order valence-corrected chi connectivity index (χ0v) is 9.60. The fourth-order valence-corrected chi connectivity index (χ4v) is 1.86. The molecular weight excluding hydrogens is 197 g/mol. The maximum Gasteiger partial charge on any atom is 0.0664 e. The number of hydrogen-bond donors (Lipinski definition) is 1. The number of hydrogen-bond acceptors (Lipinski definition) is 3. The van der Waals surface area contributed by atoms with E-state index in [0.717, 1.165) is 0 Å². The molecule has 0 fully saturated rings. The lowest BCUT2D eigenvalue weighted by Crippen LogP contribution is -3.00. The first kappa shape index (κ1) is 15.1. The van der Waals surface area contributed by atoms with Crippen LogP contribution >= 0.6 is 8.53 Å². The summed E-state index contributed by atoms with van der Waals surface area (Å²) < 4.78 is 5.06. The molecule has 3 nitrogen and oxygen atoms in total. The molecule has 0 radical (unpaired) electrons. The van der Waals surface area contributed by atoms with Crippen LogP contribution < -0.4 is 22.8 Å². The normalized spacial score (nSPS) is 13.8. The van der Waals surface area contributed by atoms with Crippen LogP contribution in [0.3, 0.4) is 0 Å². The zero-order chi connectivity index (χ0) is 9.02. The van der Waals surface area contributed by atoms with Crippen molar-refractivity contribution in [3.05, 3.63) is 0 Å². The molecule has 76 valence electrons. The number of halogens is 1. The molecule has 0 rings (SSSR count). The van der Waals surface area contributed by atoms with Crippen molar-refractivity contribution in [2.24, 2.45) is 17.3 Å². The Kier molecular flexibility index (Phi) is 8.86. The maximum absolute atomic E-state index is 10.6. The van der Waals surface area contributed by atoms with Crippen LogP contribution in [-0.4, -0.2) is 6.10 Å². The van der Waals surface area contributed by atoms with Crippen LogP contribution in [0.5, 0.6) is 0 Å². The van der Waals surface area contributed by atoms with Crippen LogP contribution in [0, 0.1) is 11.8 Å². The summed E-state index contributed by atoms with van der Waals surface area (Å²) in [6, 6.07) is 0. The van der Waals surface area contributed by atoms with Crippen LogP contribution in [-0.2, 0) is 4.52 Å². The van der Waals surface area contributed by atoms with E-state index < -0.39 is 8.53 Å². The van der Waals surface area contributed by atoms with Crippen LogP contribution in [0.1, 0.15) is 27.7 Å². The van der Waals surface area contributed by atoms with E-state index in [-0.39, 0.29) is 18.5 Å². The van der Waals surface area contributed by atoms with Gasteiger partial charge in [-0.1, -0.05) is 27.7 Å². The summed E-state index contributed by atoms with van der Waals surface area (Å²) in [6.07, 6.45) is 0.00334. The number of rotatable bonds is 4. The van der Waals surface area contributed by atoms with E-state index in [1.165, 1.54) is 0 Å². The zero-order valence-electron chi connectivity index (χ0n) is 7.95. The Labute approximate surface area is 82.1 Å². The fourth-order valence-electron chi connectivity index (χ4n) is 1.13. The van der Waals surface area contributed by atoms with E-state index in [2.05, 4.69) is 0 Å². The van der Waals surface area contributed by atoms with Gasteiger partial charge in [-0.25, -0.2) is 0 Å². The van der Waals surface area contributed by atoms with Crippen molar-refractivity contribution in [3.63, 3.8) is 0 Å². The van der Waals surface area contributed by atoms with Gasteiger partial charge in [-0.05, 0) is 11.8 Å². The monoisotopic (exact) mass is 213 g/mol. The topological polar surface area (TPSA) is 58.3 Å². The summed E-state index contributed by atoms with van der Waals surface area (Å²) in [5.74, 6) is 0.718. The molecule has 0 aromatic heterocycles. The molecule has 0 amide bonds. The predicted octanol–water partition coefficient (Wildman–Crippen LogP) is -1.77. The Hall–Kier alpha value is 0.600. The number of nitrogens with two attached hydrogens (primary N) is 1. The van der Waals surface area contributed by atoms with Crippen LogP contribution in [0.25, 0.3) is 0 Å². The first-order valence-corrected chi connectivity index (χ1v) is 5.08. The van der Waals surface area contributed by atoms with Gasteiger partial charge in [0.15, 0.2) is 0 Å². The molecule has 0 saturated carbocycles. The minimum absolute atomic E-state index is 0. The van der Waals surface area contributed by atoms with E-state index in [0.29, 0.717) is 11.8 Å². The van der Waals surface area contributed by atoms with Gasteiger partial charge in [0.2, 0.25) is 0 Å². The van der Waals surface area contributed by atoms with Crippen LogP contribution in [0.2, 0.25) is 0 Å². The van der Waals surface area contributed by atoms with Crippen LogP contribution in [0.4, 0.5) is 0 Å². The lowest BCUT2D eigenvalue weighted by Gasteiger charge is -2.30. The van der Waals surface area contributed by atoms with Gasteiger partial charge in [0.1, 0.15) is 0 Å². The van der Waals surface area contributed by atoms with E-state index in [1.807, 2.05) is 27.7 Å². The molecular formula is C7H17ClNO2P-2. The summed E-state index contributed by atoms with van der Waals surface area (Å²) in [5.41, 5.74) is 5.06. The summed E-state index contributed by atoms with van der Waals surface area (Å²) in [7, 11) is -1.95. The molecule has 0 bridgehead atoms. The van der Waals surface area contributed by atoms with Crippen molar-refractivity contribution in [2.75, 3.05) is 0 Å². The molecule has 12 heavy (non-hydrogen) atoms.